The smallest absolute Gasteiger partial charge is 0.418 e. The zero-order valence-electron chi connectivity index (χ0n) is 13.0. The van der Waals surface area contributed by atoms with Gasteiger partial charge in [0.2, 0.25) is 11.1 Å². The van der Waals surface area contributed by atoms with E-state index >= 15 is 0 Å². The number of carboxylic acids is 2. The van der Waals surface area contributed by atoms with Crippen molar-refractivity contribution >= 4 is 27.9 Å². The van der Waals surface area contributed by atoms with E-state index in [0.29, 0.717) is 4.68 Å². The zero-order chi connectivity index (χ0) is 19.8. The summed E-state index contributed by atoms with van der Waals surface area (Å²) in [4.78, 5) is 34.7. The average molecular weight is 435 g/mol. The van der Waals surface area contributed by atoms with Crippen LogP contribution in [-0.4, -0.2) is 31.9 Å². The number of benzene rings is 1. The van der Waals surface area contributed by atoms with Crippen molar-refractivity contribution in [3.05, 3.63) is 55.4 Å². The quantitative estimate of drug-likeness (QED) is 0.765. The minimum absolute atomic E-state index is 0.101. The normalized spacial score (nSPS) is 11.4. The van der Waals surface area contributed by atoms with Crippen LogP contribution in [0.3, 0.4) is 0 Å². The van der Waals surface area contributed by atoms with Gasteiger partial charge in [-0.05, 0) is 24.6 Å². The van der Waals surface area contributed by atoms with Gasteiger partial charge in [0, 0.05) is 4.47 Å². The van der Waals surface area contributed by atoms with Crippen LogP contribution < -0.4 is 5.43 Å². The van der Waals surface area contributed by atoms with Gasteiger partial charge in [-0.25, -0.2) is 14.3 Å². The van der Waals surface area contributed by atoms with Gasteiger partial charge in [0.05, 0.1) is 16.9 Å². The standard InChI is InChI=1S/C15H10BrF3N2O5/c1-2-8-10(13(23)24)12(22)11(14(25)26)20-21(8)9-4-3-6(16)5-7(9)15(17,18)19/h3-5H,2H2,1H3,(H,23,24)(H,25,26). The number of aromatic carboxylic acids is 2. The summed E-state index contributed by atoms with van der Waals surface area (Å²) in [5.74, 6) is -3.60. The van der Waals surface area contributed by atoms with Crippen LogP contribution in [0.5, 0.6) is 0 Å². The van der Waals surface area contributed by atoms with Gasteiger partial charge in [0.25, 0.3) is 0 Å². The number of rotatable bonds is 4. The van der Waals surface area contributed by atoms with Crippen LogP contribution in [0.1, 0.15) is 39.0 Å². The van der Waals surface area contributed by atoms with Crippen LogP contribution in [-0.2, 0) is 12.6 Å². The third-order valence-electron chi connectivity index (χ3n) is 3.43. The van der Waals surface area contributed by atoms with Gasteiger partial charge in [0.1, 0.15) is 5.56 Å². The molecule has 138 valence electrons. The zero-order valence-corrected chi connectivity index (χ0v) is 14.6. The first-order valence-corrected chi connectivity index (χ1v) is 7.78. The van der Waals surface area contributed by atoms with E-state index in [-0.39, 0.29) is 16.6 Å². The molecule has 7 nitrogen and oxygen atoms in total. The molecule has 0 aliphatic rings. The number of aromatic nitrogens is 2. The molecule has 2 aromatic rings. The molecule has 26 heavy (non-hydrogen) atoms. The third kappa shape index (κ3) is 3.47. The summed E-state index contributed by atoms with van der Waals surface area (Å²) in [7, 11) is 0. The maximum absolute atomic E-state index is 13.4. The summed E-state index contributed by atoms with van der Waals surface area (Å²) < 4.78 is 40.8. The second kappa shape index (κ2) is 6.90. The fraction of sp³-hybridized carbons (Fsp3) is 0.200. The molecule has 0 spiro atoms. The van der Waals surface area contributed by atoms with Gasteiger partial charge < -0.3 is 10.2 Å². The summed E-state index contributed by atoms with van der Waals surface area (Å²) in [6.45, 7) is 1.41. The Morgan fingerprint density at radius 2 is 1.85 bits per heavy atom. The summed E-state index contributed by atoms with van der Waals surface area (Å²) in [6, 6.07) is 3.00. The molecule has 0 aliphatic heterocycles. The summed E-state index contributed by atoms with van der Waals surface area (Å²) in [6.07, 6.45) is -5.00. The lowest BCUT2D eigenvalue weighted by molar-refractivity contribution is -0.137. The Morgan fingerprint density at radius 1 is 1.23 bits per heavy atom. The van der Waals surface area contributed by atoms with Crippen LogP contribution in [0.4, 0.5) is 13.2 Å². The SMILES string of the molecule is CCc1c(C(=O)O)c(=O)c(C(=O)O)nn1-c1ccc(Br)cc1C(F)(F)F. The van der Waals surface area contributed by atoms with Crippen molar-refractivity contribution in [1.82, 2.24) is 9.78 Å². The van der Waals surface area contributed by atoms with Gasteiger partial charge in [-0.15, -0.1) is 0 Å². The fourth-order valence-electron chi connectivity index (χ4n) is 2.37. The van der Waals surface area contributed by atoms with E-state index in [2.05, 4.69) is 21.0 Å². The Morgan fingerprint density at radius 3 is 2.31 bits per heavy atom. The molecule has 0 saturated heterocycles. The highest BCUT2D eigenvalue weighted by Crippen LogP contribution is 2.36. The number of nitrogens with zero attached hydrogens (tertiary/aromatic N) is 2. The summed E-state index contributed by atoms with van der Waals surface area (Å²) in [5, 5.41) is 21.8. The number of alkyl halides is 3. The molecule has 0 radical (unpaired) electrons. The van der Waals surface area contributed by atoms with E-state index in [1.807, 2.05) is 0 Å². The van der Waals surface area contributed by atoms with E-state index < -0.39 is 46.1 Å². The molecule has 1 heterocycles. The minimum atomic E-state index is -4.83. The fourth-order valence-corrected chi connectivity index (χ4v) is 2.73. The van der Waals surface area contributed by atoms with Crippen LogP contribution in [0.25, 0.3) is 5.69 Å². The molecule has 0 unspecified atom stereocenters. The molecule has 0 fully saturated rings. The summed E-state index contributed by atoms with van der Waals surface area (Å²) >= 11 is 2.92. The Bertz CT molecular complexity index is 969. The Hall–Kier alpha value is -2.69. The van der Waals surface area contributed by atoms with Crippen molar-refractivity contribution in [2.45, 2.75) is 19.5 Å². The van der Waals surface area contributed by atoms with Gasteiger partial charge in [-0.3, -0.25) is 4.79 Å². The second-order valence-electron chi connectivity index (χ2n) is 5.03. The van der Waals surface area contributed by atoms with Gasteiger partial charge in [0.15, 0.2) is 0 Å². The number of hydrogen-bond donors (Lipinski definition) is 2. The predicted molar refractivity (Wildman–Crippen MR) is 85.8 cm³/mol. The molecule has 1 aromatic heterocycles. The molecule has 0 atom stereocenters. The largest absolute Gasteiger partial charge is 0.477 e. The van der Waals surface area contributed by atoms with Crippen molar-refractivity contribution in [3.63, 3.8) is 0 Å². The van der Waals surface area contributed by atoms with Gasteiger partial charge >= 0.3 is 18.1 Å². The molecule has 0 bridgehead atoms. The topological polar surface area (TPSA) is 109 Å². The lowest BCUT2D eigenvalue weighted by Gasteiger charge is -2.19. The van der Waals surface area contributed by atoms with Crippen molar-refractivity contribution in [2.75, 3.05) is 0 Å². The predicted octanol–water partition coefficient (Wildman–Crippen LogP) is 2.97. The molecule has 0 saturated carbocycles. The number of hydrogen-bond acceptors (Lipinski definition) is 4. The highest BCUT2D eigenvalue weighted by molar-refractivity contribution is 9.10. The Kier molecular flexibility index (Phi) is 5.21. The van der Waals surface area contributed by atoms with Gasteiger partial charge in [-0.1, -0.05) is 22.9 Å². The first-order chi connectivity index (χ1) is 12.0. The van der Waals surface area contributed by atoms with E-state index in [1.54, 1.807) is 0 Å². The highest BCUT2D eigenvalue weighted by Gasteiger charge is 2.36. The van der Waals surface area contributed by atoms with Crippen LogP contribution in [0, 0.1) is 0 Å². The molecule has 11 heteroatoms. The molecule has 1 aromatic carbocycles. The van der Waals surface area contributed by atoms with Crippen molar-refractivity contribution in [3.8, 4) is 5.69 Å². The monoisotopic (exact) mass is 434 g/mol. The molecule has 2 rings (SSSR count). The van der Waals surface area contributed by atoms with Crippen LogP contribution >= 0.6 is 15.9 Å². The Labute approximate surface area is 151 Å². The van der Waals surface area contributed by atoms with Crippen LogP contribution in [0.2, 0.25) is 0 Å². The molecule has 0 amide bonds. The first kappa shape index (κ1) is 19.6. The summed E-state index contributed by atoms with van der Waals surface area (Å²) in [5.41, 5.74) is -5.61. The number of carboxylic acid groups (broad SMARTS) is 2. The van der Waals surface area contributed by atoms with Gasteiger partial charge in [-0.2, -0.15) is 18.3 Å². The van der Waals surface area contributed by atoms with E-state index in [1.165, 1.54) is 13.0 Å². The maximum Gasteiger partial charge on any atom is 0.418 e. The molecular formula is C15H10BrF3N2O5. The number of halogens is 4. The number of carbonyl (C=O) groups is 2. The van der Waals surface area contributed by atoms with Crippen molar-refractivity contribution in [1.29, 1.82) is 0 Å². The lowest BCUT2D eigenvalue weighted by Crippen LogP contribution is -2.31. The van der Waals surface area contributed by atoms with Crippen LogP contribution in [0.15, 0.2) is 27.5 Å². The van der Waals surface area contributed by atoms with E-state index in [4.69, 9.17) is 5.11 Å². The Balaban J connectivity index is 3.02. The molecule has 0 aliphatic carbocycles. The molecular weight excluding hydrogens is 425 g/mol. The van der Waals surface area contributed by atoms with Crippen molar-refractivity contribution in [2.24, 2.45) is 0 Å². The highest BCUT2D eigenvalue weighted by atomic mass is 79.9. The lowest BCUT2D eigenvalue weighted by atomic mass is 10.1. The molecule has 2 N–H and O–H groups in total. The second-order valence-corrected chi connectivity index (χ2v) is 5.95. The van der Waals surface area contributed by atoms with Crippen molar-refractivity contribution < 1.29 is 33.0 Å². The maximum atomic E-state index is 13.4. The minimum Gasteiger partial charge on any atom is -0.477 e. The van der Waals surface area contributed by atoms with E-state index in [0.717, 1.165) is 12.1 Å². The first-order valence-electron chi connectivity index (χ1n) is 6.99. The van der Waals surface area contributed by atoms with E-state index in [9.17, 15) is 32.7 Å². The third-order valence-corrected chi connectivity index (χ3v) is 3.92. The average Bonchev–Trinajstić information content (AvgIpc) is 2.52.